The van der Waals surface area contributed by atoms with E-state index in [1.807, 2.05) is 6.92 Å². The van der Waals surface area contributed by atoms with E-state index >= 15 is 0 Å². The lowest BCUT2D eigenvalue weighted by Gasteiger charge is -2.31. The van der Waals surface area contributed by atoms with Gasteiger partial charge in [0.05, 0.1) is 10.6 Å². The number of amides is 2. The normalized spacial score (nSPS) is 15.7. The first kappa shape index (κ1) is 22.2. The average molecular weight is 438 g/mol. The van der Waals surface area contributed by atoms with E-state index in [2.05, 4.69) is 10.6 Å². The highest BCUT2D eigenvalue weighted by Gasteiger charge is 2.29. The van der Waals surface area contributed by atoms with Crippen molar-refractivity contribution in [3.8, 4) is 0 Å². The first-order chi connectivity index (χ1) is 14.3. The maximum atomic E-state index is 13.6. The van der Waals surface area contributed by atoms with Gasteiger partial charge < -0.3 is 10.6 Å². The maximum absolute atomic E-state index is 13.6. The van der Waals surface area contributed by atoms with Crippen LogP contribution >= 0.6 is 0 Å². The molecule has 30 heavy (non-hydrogen) atoms. The zero-order valence-electron chi connectivity index (χ0n) is 16.7. The summed E-state index contributed by atoms with van der Waals surface area (Å²) in [5.41, 5.74) is 0.784. The molecule has 0 aromatic heterocycles. The molecule has 3 rings (SSSR count). The number of benzene rings is 2. The third-order valence-corrected chi connectivity index (χ3v) is 7.16. The van der Waals surface area contributed by atoms with Gasteiger partial charge in [-0.15, -0.1) is 0 Å². The van der Waals surface area contributed by atoms with Crippen molar-refractivity contribution >= 4 is 21.7 Å². The second-order valence-corrected chi connectivity index (χ2v) is 9.39. The number of carbonyl (C=O) groups is 1. The van der Waals surface area contributed by atoms with Gasteiger partial charge in [-0.1, -0.05) is 17.7 Å². The van der Waals surface area contributed by atoms with Gasteiger partial charge in [0, 0.05) is 25.7 Å². The van der Waals surface area contributed by atoms with Crippen molar-refractivity contribution in [2.75, 3.05) is 25.0 Å². The lowest BCUT2D eigenvalue weighted by atomic mass is 9.95. The summed E-state index contributed by atoms with van der Waals surface area (Å²) in [5.74, 6) is -1.08. The molecule has 9 heteroatoms. The smallest absolute Gasteiger partial charge is 0.319 e. The van der Waals surface area contributed by atoms with E-state index < -0.39 is 27.7 Å². The van der Waals surface area contributed by atoms with Crippen LogP contribution in [0.1, 0.15) is 24.8 Å². The Hall–Kier alpha value is -2.52. The fourth-order valence-electron chi connectivity index (χ4n) is 3.45. The second kappa shape index (κ2) is 9.53. The third-order valence-electron chi connectivity index (χ3n) is 5.25. The molecule has 0 spiro atoms. The second-order valence-electron chi connectivity index (χ2n) is 7.45. The number of anilines is 1. The van der Waals surface area contributed by atoms with Gasteiger partial charge in [-0.3, -0.25) is 0 Å². The zero-order valence-corrected chi connectivity index (χ0v) is 17.5. The molecule has 2 N–H and O–H groups in total. The largest absolute Gasteiger partial charge is 0.338 e. The molecule has 2 aromatic rings. The van der Waals surface area contributed by atoms with E-state index in [0.29, 0.717) is 43.8 Å². The molecule has 0 saturated carbocycles. The van der Waals surface area contributed by atoms with Gasteiger partial charge in [0.15, 0.2) is 0 Å². The monoisotopic (exact) mass is 437 g/mol. The van der Waals surface area contributed by atoms with Crippen molar-refractivity contribution in [1.29, 1.82) is 0 Å². The van der Waals surface area contributed by atoms with E-state index in [-0.39, 0.29) is 11.6 Å². The number of nitrogens with zero attached hydrogens (tertiary/aromatic N) is 1. The Bertz CT molecular complexity index is 989. The van der Waals surface area contributed by atoms with Crippen LogP contribution < -0.4 is 10.6 Å². The first-order valence-electron chi connectivity index (χ1n) is 9.82. The maximum Gasteiger partial charge on any atom is 0.319 e. The van der Waals surface area contributed by atoms with Crippen molar-refractivity contribution in [1.82, 2.24) is 9.62 Å². The van der Waals surface area contributed by atoms with Crippen LogP contribution in [0.2, 0.25) is 0 Å². The quantitative estimate of drug-likeness (QED) is 0.720. The highest BCUT2D eigenvalue weighted by molar-refractivity contribution is 7.89. The molecule has 1 aliphatic heterocycles. The van der Waals surface area contributed by atoms with Gasteiger partial charge in [0.1, 0.15) is 11.6 Å². The highest BCUT2D eigenvalue weighted by Crippen LogP contribution is 2.25. The minimum atomic E-state index is -3.49. The fourth-order valence-corrected chi connectivity index (χ4v) is 4.92. The number of rotatable bonds is 6. The summed E-state index contributed by atoms with van der Waals surface area (Å²) in [6, 6.07) is 9.05. The van der Waals surface area contributed by atoms with Gasteiger partial charge in [0.25, 0.3) is 0 Å². The van der Waals surface area contributed by atoms with E-state index in [1.165, 1.54) is 4.31 Å². The van der Waals surface area contributed by atoms with Crippen molar-refractivity contribution in [3.63, 3.8) is 0 Å². The number of sulfonamides is 1. The van der Waals surface area contributed by atoms with Crippen LogP contribution in [0.4, 0.5) is 19.3 Å². The summed E-state index contributed by atoms with van der Waals surface area (Å²) in [5, 5.41) is 4.91. The van der Waals surface area contributed by atoms with Gasteiger partial charge in [-0.2, -0.15) is 4.31 Å². The molecule has 1 fully saturated rings. The lowest BCUT2D eigenvalue weighted by Crippen LogP contribution is -2.39. The number of urea groups is 1. The Kier molecular flexibility index (Phi) is 7.04. The summed E-state index contributed by atoms with van der Waals surface area (Å²) < 4.78 is 53.7. The number of nitrogens with one attached hydrogen (secondary N) is 2. The van der Waals surface area contributed by atoms with Crippen LogP contribution in [0.3, 0.4) is 0 Å². The van der Waals surface area contributed by atoms with Crippen LogP contribution in [-0.2, 0) is 10.0 Å². The average Bonchev–Trinajstić information content (AvgIpc) is 2.71. The van der Waals surface area contributed by atoms with Crippen molar-refractivity contribution in [3.05, 3.63) is 59.7 Å². The topological polar surface area (TPSA) is 78.5 Å². The predicted octanol–water partition coefficient (Wildman–Crippen LogP) is 3.89. The Morgan fingerprint density at radius 1 is 1.10 bits per heavy atom. The van der Waals surface area contributed by atoms with Crippen LogP contribution in [0, 0.1) is 24.5 Å². The van der Waals surface area contributed by atoms with Gasteiger partial charge in [-0.25, -0.2) is 22.0 Å². The molecule has 6 nitrogen and oxygen atoms in total. The van der Waals surface area contributed by atoms with Crippen molar-refractivity contribution in [2.24, 2.45) is 5.92 Å². The molecule has 1 saturated heterocycles. The Morgan fingerprint density at radius 3 is 2.43 bits per heavy atom. The fraction of sp³-hybridized carbons (Fsp3) is 0.381. The molecular weight excluding hydrogens is 412 g/mol. The van der Waals surface area contributed by atoms with E-state index in [9.17, 15) is 22.0 Å². The van der Waals surface area contributed by atoms with Crippen LogP contribution in [0.25, 0.3) is 0 Å². The van der Waals surface area contributed by atoms with Crippen molar-refractivity contribution < 1.29 is 22.0 Å². The van der Waals surface area contributed by atoms with Crippen LogP contribution in [0.5, 0.6) is 0 Å². The number of hydrogen-bond acceptors (Lipinski definition) is 3. The Balaban J connectivity index is 1.43. The van der Waals surface area contributed by atoms with E-state index in [1.54, 1.807) is 24.3 Å². The number of hydrogen-bond donors (Lipinski definition) is 2. The summed E-state index contributed by atoms with van der Waals surface area (Å²) in [7, 11) is -3.49. The molecule has 0 atom stereocenters. The number of halogens is 2. The van der Waals surface area contributed by atoms with Crippen molar-refractivity contribution in [2.45, 2.75) is 31.1 Å². The Morgan fingerprint density at radius 2 is 1.77 bits per heavy atom. The molecule has 0 aliphatic carbocycles. The third kappa shape index (κ3) is 5.54. The zero-order chi connectivity index (χ0) is 21.7. The minimum Gasteiger partial charge on any atom is -0.338 e. The summed E-state index contributed by atoms with van der Waals surface area (Å²) in [4.78, 5) is 12.2. The molecule has 2 aromatic carbocycles. The standard InChI is InChI=1S/C21H25F2N3O3S/c1-15-2-5-18(6-3-15)30(28,29)26-12-9-16(10-13-26)8-11-24-21(27)25-20-14-17(22)4-7-19(20)23/h2-7,14,16H,8-13H2,1H3,(H2,24,25,27). The number of piperidine rings is 1. The SMILES string of the molecule is Cc1ccc(S(=O)(=O)N2CCC(CCNC(=O)Nc3cc(F)ccc3F)CC2)cc1. The highest BCUT2D eigenvalue weighted by atomic mass is 32.2. The Labute approximate surface area is 175 Å². The van der Waals surface area contributed by atoms with E-state index in [4.69, 9.17) is 0 Å². The molecule has 2 amide bonds. The van der Waals surface area contributed by atoms with Crippen LogP contribution in [0.15, 0.2) is 47.4 Å². The van der Waals surface area contributed by atoms with Gasteiger partial charge in [0.2, 0.25) is 10.0 Å². The minimum absolute atomic E-state index is 0.220. The summed E-state index contributed by atoms with van der Waals surface area (Å²) in [6.07, 6.45) is 2.08. The molecule has 1 heterocycles. The molecule has 162 valence electrons. The predicted molar refractivity (Wildman–Crippen MR) is 111 cm³/mol. The summed E-state index contributed by atoms with van der Waals surface area (Å²) in [6.45, 7) is 3.13. The molecule has 0 bridgehead atoms. The summed E-state index contributed by atoms with van der Waals surface area (Å²) >= 11 is 0. The molecule has 0 radical (unpaired) electrons. The molecule has 1 aliphatic rings. The molecule has 0 unspecified atom stereocenters. The first-order valence-corrected chi connectivity index (χ1v) is 11.3. The van der Waals surface area contributed by atoms with Gasteiger partial charge in [-0.05, 0) is 56.4 Å². The number of carbonyl (C=O) groups excluding carboxylic acids is 1. The number of aryl methyl sites for hydroxylation is 1. The molecular formula is C21H25F2N3O3S. The van der Waals surface area contributed by atoms with E-state index in [0.717, 1.165) is 23.8 Å². The lowest BCUT2D eigenvalue weighted by molar-refractivity contribution is 0.245. The van der Waals surface area contributed by atoms with Crippen LogP contribution in [-0.4, -0.2) is 38.4 Å². The van der Waals surface area contributed by atoms with Gasteiger partial charge >= 0.3 is 6.03 Å².